The largest absolute Gasteiger partial charge is 0.392 e. The molecule has 0 aromatic heterocycles. The molecule has 0 aliphatic rings. The van der Waals surface area contributed by atoms with Crippen LogP contribution in [0, 0.1) is 11.7 Å². The molecule has 0 saturated carbocycles. The van der Waals surface area contributed by atoms with E-state index in [0.29, 0.717) is 19.0 Å². The average Bonchev–Trinajstić information content (AvgIpc) is 2.22. The molecule has 0 saturated heterocycles. The fourth-order valence-corrected chi connectivity index (χ4v) is 1.86. The molecule has 1 atom stereocenters. The van der Waals surface area contributed by atoms with Crippen LogP contribution in [0.25, 0.3) is 0 Å². The van der Waals surface area contributed by atoms with Crippen LogP contribution in [-0.2, 0) is 6.54 Å². The fraction of sp³-hybridized carbons (Fsp3) is 0.538. The lowest BCUT2D eigenvalue weighted by Crippen LogP contribution is -2.27. The first-order valence-corrected chi connectivity index (χ1v) is 6.19. The minimum Gasteiger partial charge on any atom is -0.392 e. The fourth-order valence-electron chi connectivity index (χ4n) is 1.66. The summed E-state index contributed by atoms with van der Waals surface area (Å²) in [5.74, 6) is 0.0716. The Labute approximate surface area is 107 Å². The quantitative estimate of drug-likeness (QED) is 0.823. The van der Waals surface area contributed by atoms with Gasteiger partial charge in [-0.1, -0.05) is 31.5 Å². The topological polar surface area (TPSA) is 32.3 Å². The third-order valence-electron chi connectivity index (χ3n) is 2.44. The van der Waals surface area contributed by atoms with E-state index in [-0.39, 0.29) is 11.1 Å². The summed E-state index contributed by atoms with van der Waals surface area (Å²) in [5.41, 5.74) is 0.910. The zero-order chi connectivity index (χ0) is 12.8. The van der Waals surface area contributed by atoms with E-state index in [1.54, 1.807) is 12.1 Å². The Morgan fingerprint density at radius 2 is 2.12 bits per heavy atom. The van der Waals surface area contributed by atoms with Crippen molar-refractivity contribution in [2.24, 2.45) is 5.92 Å². The smallest absolute Gasteiger partial charge is 0.141 e. The lowest BCUT2D eigenvalue weighted by molar-refractivity contribution is 0.146. The molecule has 0 bridgehead atoms. The summed E-state index contributed by atoms with van der Waals surface area (Å²) in [6, 6.07) is 4.63. The van der Waals surface area contributed by atoms with E-state index in [9.17, 15) is 9.50 Å². The van der Waals surface area contributed by atoms with E-state index in [1.807, 2.05) is 0 Å². The molecule has 0 aliphatic heterocycles. The van der Waals surface area contributed by atoms with Crippen molar-refractivity contribution in [2.45, 2.75) is 32.9 Å². The summed E-state index contributed by atoms with van der Waals surface area (Å²) in [7, 11) is 0. The van der Waals surface area contributed by atoms with Crippen LogP contribution in [0.2, 0.25) is 5.02 Å². The van der Waals surface area contributed by atoms with Gasteiger partial charge in [-0.05, 0) is 30.0 Å². The minimum absolute atomic E-state index is 0.132. The zero-order valence-corrected chi connectivity index (χ0v) is 11.0. The van der Waals surface area contributed by atoms with Crippen molar-refractivity contribution < 1.29 is 9.50 Å². The van der Waals surface area contributed by atoms with Gasteiger partial charge in [0.15, 0.2) is 0 Å². The van der Waals surface area contributed by atoms with Crippen molar-refractivity contribution in [3.05, 3.63) is 34.6 Å². The molecule has 4 heteroatoms. The number of rotatable bonds is 6. The summed E-state index contributed by atoms with van der Waals surface area (Å²) in [6.45, 7) is 5.26. The second kappa shape index (κ2) is 6.94. The molecule has 0 amide bonds. The lowest BCUT2D eigenvalue weighted by atomic mass is 10.1. The van der Waals surface area contributed by atoms with Crippen molar-refractivity contribution in [1.82, 2.24) is 5.32 Å². The molecule has 2 N–H and O–H groups in total. The highest BCUT2D eigenvalue weighted by Crippen LogP contribution is 2.15. The van der Waals surface area contributed by atoms with E-state index in [1.165, 1.54) is 6.07 Å². The van der Waals surface area contributed by atoms with Crippen molar-refractivity contribution >= 4 is 11.6 Å². The van der Waals surface area contributed by atoms with Gasteiger partial charge in [0.2, 0.25) is 0 Å². The van der Waals surface area contributed by atoms with Crippen LogP contribution in [0.5, 0.6) is 0 Å². The van der Waals surface area contributed by atoms with Crippen LogP contribution in [0.4, 0.5) is 4.39 Å². The van der Waals surface area contributed by atoms with Gasteiger partial charge in [0.25, 0.3) is 0 Å². The molecule has 1 rings (SSSR count). The van der Waals surface area contributed by atoms with Crippen molar-refractivity contribution in [3.63, 3.8) is 0 Å². The first-order chi connectivity index (χ1) is 7.99. The molecular weight excluding hydrogens is 241 g/mol. The summed E-state index contributed by atoms with van der Waals surface area (Å²) in [5, 5.41) is 12.9. The number of aliphatic hydroxyl groups is 1. The van der Waals surface area contributed by atoms with Crippen LogP contribution in [0.15, 0.2) is 18.2 Å². The van der Waals surface area contributed by atoms with Gasteiger partial charge in [-0.25, -0.2) is 4.39 Å². The molecule has 0 fully saturated rings. The Morgan fingerprint density at radius 1 is 1.41 bits per heavy atom. The maximum atomic E-state index is 12.9. The lowest BCUT2D eigenvalue weighted by Gasteiger charge is -2.13. The number of aliphatic hydroxyl groups excluding tert-OH is 1. The van der Waals surface area contributed by atoms with Crippen LogP contribution in [0.3, 0.4) is 0 Å². The summed E-state index contributed by atoms with van der Waals surface area (Å²) >= 11 is 5.67. The maximum absolute atomic E-state index is 12.9. The predicted octanol–water partition coefficient (Wildman–Crippen LogP) is 2.98. The van der Waals surface area contributed by atoms with E-state index < -0.39 is 5.82 Å². The molecular formula is C13H19ClFNO. The molecule has 0 radical (unpaired) electrons. The van der Waals surface area contributed by atoms with E-state index in [0.717, 1.165) is 12.0 Å². The number of benzene rings is 1. The van der Waals surface area contributed by atoms with Crippen LogP contribution < -0.4 is 5.32 Å². The molecule has 1 unspecified atom stereocenters. The molecule has 1 aromatic carbocycles. The van der Waals surface area contributed by atoms with Gasteiger partial charge in [-0.3, -0.25) is 0 Å². The second-order valence-electron chi connectivity index (χ2n) is 4.66. The van der Waals surface area contributed by atoms with Crippen LogP contribution in [0.1, 0.15) is 25.8 Å². The summed E-state index contributed by atoms with van der Waals surface area (Å²) in [4.78, 5) is 0. The number of hydrogen-bond acceptors (Lipinski definition) is 2. The second-order valence-corrected chi connectivity index (χ2v) is 5.07. The maximum Gasteiger partial charge on any atom is 0.141 e. The zero-order valence-electron chi connectivity index (χ0n) is 10.2. The summed E-state index contributed by atoms with van der Waals surface area (Å²) in [6.07, 6.45) is 0.433. The standard InChI is InChI=1S/C13H19ClFNO/c1-9(2)5-11(17)8-16-7-10-3-4-13(15)12(14)6-10/h3-4,6,9,11,16-17H,5,7-8H2,1-2H3. The van der Waals surface area contributed by atoms with Crippen molar-refractivity contribution in [2.75, 3.05) is 6.54 Å². The molecule has 0 heterocycles. The average molecular weight is 260 g/mol. The first-order valence-electron chi connectivity index (χ1n) is 5.81. The van der Waals surface area contributed by atoms with E-state index in [2.05, 4.69) is 19.2 Å². The molecule has 17 heavy (non-hydrogen) atoms. The molecule has 0 aliphatic carbocycles. The molecule has 96 valence electrons. The van der Waals surface area contributed by atoms with Gasteiger partial charge in [0.1, 0.15) is 5.82 Å². The SMILES string of the molecule is CC(C)CC(O)CNCc1ccc(F)c(Cl)c1. The normalized spacial score (nSPS) is 13.1. The third-order valence-corrected chi connectivity index (χ3v) is 2.73. The highest BCUT2D eigenvalue weighted by Gasteiger charge is 2.06. The van der Waals surface area contributed by atoms with Gasteiger partial charge in [-0.2, -0.15) is 0 Å². The van der Waals surface area contributed by atoms with Crippen molar-refractivity contribution in [1.29, 1.82) is 0 Å². The minimum atomic E-state index is -0.407. The Hall–Kier alpha value is -0.640. The highest BCUT2D eigenvalue weighted by atomic mass is 35.5. The van der Waals surface area contributed by atoms with Gasteiger partial charge in [0.05, 0.1) is 11.1 Å². The van der Waals surface area contributed by atoms with E-state index >= 15 is 0 Å². The highest BCUT2D eigenvalue weighted by molar-refractivity contribution is 6.30. The number of hydrogen-bond donors (Lipinski definition) is 2. The third kappa shape index (κ3) is 5.48. The molecule has 0 spiro atoms. The van der Waals surface area contributed by atoms with Gasteiger partial charge < -0.3 is 10.4 Å². The van der Waals surface area contributed by atoms with Gasteiger partial charge >= 0.3 is 0 Å². The number of halogens is 2. The van der Waals surface area contributed by atoms with Crippen molar-refractivity contribution in [3.8, 4) is 0 Å². The predicted molar refractivity (Wildman–Crippen MR) is 68.6 cm³/mol. The van der Waals surface area contributed by atoms with Gasteiger partial charge in [-0.15, -0.1) is 0 Å². The van der Waals surface area contributed by atoms with Crippen LogP contribution in [-0.4, -0.2) is 17.8 Å². The van der Waals surface area contributed by atoms with Gasteiger partial charge in [0, 0.05) is 13.1 Å². The molecule has 2 nitrogen and oxygen atoms in total. The first kappa shape index (κ1) is 14.4. The Kier molecular flexibility index (Phi) is 5.89. The Morgan fingerprint density at radius 3 is 2.71 bits per heavy atom. The van der Waals surface area contributed by atoms with Crippen LogP contribution >= 0.6 is 11.6 Å². The number of nitrogens with one attached hydrogen (secondary N) is 1. The Bertz CT molecular complexity index is 357. The monoisotopic (exact) mass is 259 g/mol. The molecule has 1 aromatic rings. The Balaban J connectivity index is 2.33. The van der Waals surface area contributed by atoms with E-state index in [4.69, 9.17) is 11.6 Å². The summed E-state index contributed by atoms with van der Waals surface area (Å²) < 4.78 is 12.9.